The van der Waals surface area contributed by atoms with E-state index in [-0.39, 0.29) is 11.4 Å². The summed E-state index contributed by atoms with van der Waals surface area (Å²) in [7, 11) is 0. The minimum atomic E-state index is -2.74. The second kappa shape index (κ2) is 13.4. The van der Waals surface area contributed by atoms with Crippen LogP contribution in [0.25, 0.3) is 11.0 Å². The van der Waals surface area contributed by atoms with Gasteiger partial charge >= 0.3 is 17.9 Å². The van der Waals surface area contributed by atoms with E-state index in [2.05, 4.69) is 10.1 Å². The van der Waals surface area contributed by atoms with Crippen molar-refractivity contribution in [3.8, 4) is 0 Å². The maximum atomic E-state index is 13.4. The fraction of sp³-hybridized carbons (Fsp3) is 0.517. The summed E-state index contributed by atoms with van der Waals surface area (Å²) in [5.74, 6) is -4.05. The highest BCUT2D eigenvalue weighted by atomic mass is 19.1. The molecule has 5 rings (SSSR count). The van der Waals surface area contributed by atoms with Crippen LogP contribution in [0.2, 0.25) is 0 Å². The Morgan fingerprint density at radius 3 is 2.37 bits per heavy atom. The van der Waals surface area contributed by atoms with E-state index < -0.39 is 36.4 Å². The monoisotopic (exact) mass is 602 g/mol. The first-order valence-corrected chi connectivity index (χ1v) is 14.1. The first-order chi connectivity index (χ1) is 20.4. The maximum Gasteiger partial charge on any atom is 0.336 e. The Balaban J connectivity index is 0.000000277. The molecule has 0 aliphatic carbocycles. The van der Waals surface area contributed by atoms with E-state index in [1.807, 2.05) is 11.5 Å². The van der Waals surface area contributed by atoms with E-state index in [1.54, 1.807) is 6.07 Å². The molecule has 4 N–H and O–H groups in total. The number of carbonyl (C=O) groups is 3. The number of aliphatic carboxylic acids is 3. The van der Waals surface area contributed by atoms with Crippen LogP contribution in [-0.2, 0) is 33.8 Å². The summed E-state index contributed by atoms with van der Waals surface area (Å²) in [6.07, 6.45) is 3.52. The van der Waals surface area contributed by atoms with Gasteiger partial charge in [0.25, 0.3) is 5.56 Å². The van der Waals surface area contributed by atoms with Crippen LogP contribution < -0.4 is 5.56 Å². The average molecular weight is 603 g/mol. The molecule has 43 heavy (non-hydrogen) atoms. The zero-order valence-corrected chi connectivity index (χ0v) is 23.8. The number of aromatic nitrogens is 3. The molecule has 2 aromatic heterocycles. The number of piperidine rings is 1. The van der Waals surface area contributed by atoms with E-state index in [1.165, 1.54) is 12.1 Å². The lowest BCUT2D eigenvalue weighted by atomic mass is 9.91. The number of halogens is 1. The van der Waals surface area contributed by atoms with Crippen molar-refractivity contribution < 1.29 is 43.7 Å². The minimum Gasteiger partial charge on any atom is -0.481 e. The Kier molecular flexibility index (Phi) is 9.91. The topological polar surface area (TPSA) is 196 Å². The largest absolute Gasteiger partial charge is 0.481 e. The van der Waals surface area contributed by atoms with Crippen LogP contribution in [0.5, 0.6) is 0 Å². The molecule has 0 amide bonds. The molecule has 0 spiro atoms. The van der Waals surface area contributed by atoms with Crippen molar-refractivity contribution >= 4 is 28.9 Å². The number of rotatable bonds is 9. The molecule has 13 nitrogen and oxygen atoms in total. The summed E-state index contributed by atoms with van der Waals surface area (Å²) in [5, 5.41) is 39.0. The summed E-state index contributed by atoms with van der Waals surface area (Å²) in [5.41, 5.74) is 0.642. The van der Waals surface area contributed by atoms with E-state index >= 15 is 0 Å². The van der Waals surface area contributed by atoms with Gasteiger partial charge in [-0.25, -0.2) is 14.2 Å². The van der Waals surface area contributed by atoms with Gasteiger partial charge in [-0.3, -0.25) is 19.0 Å². The first kappa shape index (κ1) is 31.8. The van der Waals surface area contributed by atoms with E-state index in [4.69, 9.17) is 29.9 Å². The second-order valence-corrected chi connectivity index (χ2v) is 11.1. The molecule has 1 saturated heterocycles. The molecule has 2 aliphatic heterocycles. The molecule has 0 bridgehead atoms. The van der Waals surface area contributed by atoms with Crippen molar-refractivity contribution in [2.75, 3.05) is 19.6 Å². The van der Waals surface area contributed by atoms with E-state index in [9.17, 15) is 23.6 Å². The minimum absolute atomic E-state index is 0.161. The highest BCUT2D eigenvalue weighted by molar-refractivity contribution is 5.88. The fourth-order valence-corrected chi connectivity index (χ4v) is 5.66. The SMILES string of the molecule is Cc1nc2n(c(=O)c1CCN1CCC(c3noc4cc(F)ccc34)CC1)CCCC2.O=C(O)CC(O)(CC(=O)O)C(=O)O. The number of aliphatic hydroxyl groups is 1. The zero-order chi connectivity index (χ0) is 31.3. The number of aryl methyl sites for hydroxylation is 2. The molecule has 0 saturated carbocycles. The molecule has 1 aromatic carbocycles. The Bertz CT molecular complexity index is 1540. The standard InChI is InChI=1S/C23H27FN4O2.C6H8O7/c1-15-18(23(29)28-10-3-2-4-21(28)25-15)9-13-27-11-7-16(8-12-27)22-19-6-5-17(24)14-20(19)30-26-22;7-3(8)1-6(13,5(11)12)2-4(9)10/h5-6,14,16H,2-4,7-13H2,1H3;13H,1-2H2,(H,7,8)(H,9,10)(H,11,12). The molecule has 1 fully saturated rings. The first-order valence-electron chi connectivity index (χ1n) is 14.1. The molecule has 0 unspecified atom stereocenters. The molecular formula is C29H35FN4O9. The van der Waals surface area contributed by atoms with Gasteiger partial charge in [-0.05, 0) is 64.3 Å². The van der Waals surface area contributed by atoms with Crippen molar-refractivity contribution in [3.05, 3.63) is 57.1 Å². The molecule has 2 aliphatic rings. The Labute approximate surface area is 245 Å². The van der Waals surface area contributed by atoms with Crippen LogP contribution in [0.15, 0.2) is 27.5 Å². The summed E-state index contributed by atoms with van der Waals surface area (Å²) >= 11 is 0. The third kappa shape index (κ3) is 7.62. The number of fused-ring (bicyclic) bond motifs is 2. The summed E-state index contributed by atoms with van der Waals surface area (Å²) < 4.78 is 20.6. The van der Waals surface area contributed by atoms with Crippen LogP contribution in [-0.4, -0.2) is 83.2 Å². The van der Waals surface area contributed by atoms with Crippen molar-refractivity contribution in [2.24, 2.45) is 0 Å². The molecule has 232 valence electrons. The highest BCUT2D eigenvalue weighted by Crippen LogP contribution is 2.32. The third-order valence-corrected chi connectivity index (χ3v) is 7.98. The van der Waals surface area contributed by atoms with Gasteiger partial charge in [-0.1, -0.05) is 5.16 Å². The lowest BCUT2D eigenvalue weighted by Gasteiger charge is -2.31. The van der Waals surface area contributed by atoms with Gasteiger partial charge in [0.1, 0.15) is 11.6 Å². The van der Waals surface area contributed by atoms with E-state index in [0.717, 1.165) is 92.9 Å². The predicted octanol–water partition coefficient (Wildman–Crippen LogP) is 2.34. The van der Waals surface area contributed by atoms with Gasteiger partial charge in [-0.2, -0.15) is 0 Å². The second-order valence-electron chi connectivity index (χ2n) is 11.1. The van der Waals surface area contributed by atoms with Crippen molar-refractivity contribution in [1.82, 2.24) is 19.6 Å². The summed E-state index contributed by atoms with van der Waals surface area (Å²) in [6, 6.07) is 4.63. The van der Waals surface area contributed by atoms with Crippen molar-refractivity contribution in [3.63, 3.8) is 0 Å². The average Bonchev–Trinajstić information content (AvgIpc) is 3.35. The van der Waals surface area contributed by atoms with Crippen LogP contribution in [0.3, 0.4) is 0 Å². The predicted molar refractivity (Wildman–Crippen MR) is 149 cm³/mol. The Morgan fingerprint density at radius 2 is 1.74 bits per heavy atom. The third-order valence-electron chi connectivity index (χ3n) is 7.98. The van der Waals surface area contributed by atoms with Gasteiger partial charge in [0.15, 0.2) is 11.2 Å². The van der Waals surface area contributed by atoms with Crippen LogP contribution in [0.1, 0.15) is 67.2 Å². The van der Waals surface area contributed by atoms with Crippen LogP contribution in [0, 0.1) is 12.7 Å². The molecule has 0 radical (unpaired) electrons. The lowest BCUT2D eigenvalue weighted by Crippen LogP contribution is -2.42. The number of hydrogen-bond donors (Lipinski definition) is 4. The van der Waals surface area contributed by atoms with Crippen molar-refractivity contribution in [2.45, 2.75) is 76.4 Å². The number of carboxylic acids is 3. The van der Waals surface area contributed by atoms with Gasteiger partial charge in [0, 0.05) is 48.1 Å². The fourth-order valence-electron chi connectivity index (χ4n) is 5.66. The molecule has 0 atom stereocenters. The van der Waals surface area contributed by atoms with Crippen LogP contribution in [0.4, 0.5) is 4.39 Å². The maximum absolute atomic E-state index is 13.4. The Hall–Kier alpha value is -4.17. The molecule has 3 aromatic rings. The summed E-state index contributed by atoms with van der Waals surface area (Å²) in [6.45, 7) is 5.55. The zero-order valence-electron chi connectivity index (χ0n) is 23.8. The number of hydrogen-bond acceptors (Lipinski definition) is 9. The van der Waals surface area contributed by atoms with E-state index in [0.29, 0.717) is 11.5 Å². The Morgan fingerprint density at radius 1 is 1.07 bits per heavy atom. The number of carboxylic acid groups (broad SMARTS) is 3. The normalized spacial score (nSPS) is 15.9. The van der Waals surface area contributed by atoms with Crippen LogP contribution >= 0.6 is 0 Å². The van der Waals surface area contributed by atoms with Gasteiger partial charge in [0.2, 0.25) is 0 Å². The number of likely N-dealkylation sites (tertiary alicyclic amines) is 1. The summed E-state index contributed by atoms with van der Waals surface area (Å²) in [4.78, 5) is 50.5. The quantitative estimate of drug-likeness (QED) is 0.279. The van der Waals surface area contributed by atoms with Gasteiger partial charge in [-0.15, -0.1) is 0 Å². The van der Waals surface area contributed by atoms with Gasteiger partial charge in [0.05, 0.1) is 18.5 Å². The van der Waals surface area contributed by atoms with Crippen molar-refractivity contribution in [1.29, 1.82) is 0 Å². The lowest BCUT2D eigenvalue weighted by molar-refractivity contribution is -0.170. The molecular weight excluding hydrogens is 567 g/mol. The molecule has 4 heterocycles. The molecule has 14 heteroatoms. The number of nitrogens with zero attached hydrogens (tertiary/aromatic N) is 4. The number of benzene rings is 1. The van der Waals surface area contributed by atoms with Gasteiger partial charge < -0.3 is 29.8 Å². The smallest absolute Gasteiger partial charge is 0.336 e. The highest BCUT2D eigenvalue weighted by Gasteiger charge is 2.40.